The van der Waals surface area contributed by atoms with Crippen molar-refractivity contribution in [3.8, 4) is 5.75 Å². The Morgan fingerprint density at radius 1 is 1.06 bits per heavy atom. The molecule has 0 bridgehead atoms. The highest BCUT2D eigenvalue weighted by Gasteiger charge is 2.40. The zero-order valence-corrected chi connectivity index (χ0v) is 21.0. The molecule has 1 saturated carbocycles. The Labute approximate surface area is 208 Å². The van der Waals surface area contributed by atoms with Gasteiger partial charge in [0.05, 0.1) is 4.47 Å². The summed E-state index contributed by atoms with van der Waals surface area (Å²) in [6, 6.07) is 12.7. The summed E-state index contributed by atoms with van der Waals surface area (Å²) in [6.07, 6.45) is 6.13. The zero-order chi connectivity index (χ0) is 22.7. The molecule has 166 valence electrons. The SMILES string of the molecule is O=C1NC(=O)N(C2CCCCC2)C(=O)C1=Cc1ccc(OCc2ccc(I)cc2)c(Br)c1. The van der Waals surface area contributed by atoms with Crippen molar-refractivity contribution in [1.82, 2.24) is 10.2 Å². The number of urea groups is 1. The second-order valence-electron chi connectivity index (χ2n) is 7.89. The second kappa shape index (κ2) is 10.2. The lowest BCUT2D eigenvalue weighted by Crippen LogP contribution is -2.58. The number of ether oxygens (including phenoxy) is 1. The largest absolute Gasteiger partial charge is 0.488 e. The second-order valence-corrected chi connectivity index (χ2v) is 9.99. The van der Waals surface area contributed by atoms with Crippen LogP contribution in [0, 0.1) is 3.57 Å². The minimum atomic E-state index is -0.665. The maximum absolute atomic E-state index is 13.0. The minimum Gasteiger partial charge on any atom is -0.488 e. The normalized spacial score (nSPS) is 18.8. The van der Waals surface area contributed by atoms with Gasteiger partial charge in [0.1, 0.15) is 17.9 Å². The molecule has 32 heavy (non-hydrogen) atoms. The molecule has 0 radical (unpaired) electrons. The van der Waals surface area contributed by atoms with Crippen molar-refractivity contribution in [3.63, 3.8) is 0 Å². The first-order chi connectivity index (χ1) is 15.4. The highest BCUT2D eigenvalue weighted by molar-refractivity contribution is 14.1. The topological polar surface area (TPSA) is 75.7 Å². The number of carbonyl (C=O) groups is 3. The van der Waals surface area contributed by atoms with Gasteiger partial charge < -0.3 is 4.74 Å². The number of imide groups is 2. The van der Waals surface area contributed by atoms with E-state index in [-0.39, 0.29) is 11.6 Å². The lowest BCUT2D eigenvalue weighted by Gasteiger charge is -2.35. The van der Waals surface area contributed by atoms with Gasteiger partial charge in [0, 0.05) is 9.61 Å². The molecule has 2 aromatic rings. The summed E-state index contributed by atoms with van der Waals surface area (Å²) in [4.78, 5) is 39.0. The first kappa shape index (κ1) is 23.0. The Kier molecular flexibility index (Phi) is 7.30. The third-order valence-electron chi connectivity index (χ3n) is 5.65. The molecule has 0 spiro atoms. The van der Waals surface area contributed by atoms with Crippen LogP contribution in [0.3, 0.4) is 0 Å². The fourth-order valence-electron chi connectivity index (χ4n) is 3.97. The first-order valence-electron chi connectivity index (χ1n) is 10.5. The van der Waals surface area contributed by atoms with Gasteiger partial charge in [-0.05, 0) is 92.8 Å². The van der Waals surface area contributed by atoms with Gasteiger partial charge in [0.25, 0.3) is 11.8 Å². The quantitative estimate of drug-likeness (QED) is 0.279. The Morgan fingerprint density at radius 2 is 1.78 bits per heavy atom. The van der Waals surface area contributed by atoms with Gasteiger partial charge in [-0.15, -0.1) is 0 Å². The number of halogens is 2. The fourth-order valence-corrected chi connectivity index (χ4v) is 4.84. The fraction of sp³-hybridized carbons (Fsp3) is 0.292. The number of nitrogens with one attached hydrogen (secondary N) is 1. The van der Waals surface area contributed by atoms with Gasteiger partial charge in [0.2, 0.25) is 0 Å². The summed E-state index contributed by atoms with van der Waals surface area (Å²) in [5, 5.41) is 2.32. The van der Waals surface area contributed by atoms with Crippen molar-refractivity contribution in [1.29, 1.82) is 0 Å². The molecule has 4 amide bonds. The van der Waals surface area contributed by atoms with E-state index in [4.69, 9.17) is 4.74 Å². The van der Waals surface area contributed by atoms with Crippen LogP contribution in [0.25, 0.3) is 6.08 Å². The molecule has 2 aromatic carbocycles. The summed E-state index contributed by atoms with van der Waals surface area (Å²) in [5.41, 5.74) is 1.69. The maximum atomic E-state index is 13.0. The number of amides is 4. The van der Waals surface area contributed by atoms with Crippen molar-refractivity contribution in [2.75, 3.05) is 0 Å². The molecule has 1 aliphatic heterocycles. The molecule has 2 fully saturated rings. The van der Waals surface area contributed by atoms with E-state index in [1.807, 2.05) is 24.3 Å². The van der Waals surface area contributed by atoms with Crippen molar-refractivity contribution in [3.05, 3.63) is 67.2 Å². The zero-order valence-electron chi connectivity index (χ0n) is 17.3. The minimum absolute atomic E-state index is 0.0327. The van der Waals surface area contributed by atoms with E-state index in [9.17, 15) is 14.4 Å². The van der Waals surface area contributed by atoms with E-state index in [0.29, 0.717) is 22.4 Å². The van der Waals surface area contributed by atoms with Gasteiger partial charge in [-0.2, -0.15) is 0 Å². The summed E-state index contributed by atoms with van der Waals surface area (Å²) >= 11 is 5.76. The van der Waals surface area contributed by atoms with Gasteiger partial charge >= 0.3 is 6.03 Å². The molecule has 2 aliphatic rings. The van der Waals surface area contributed by atoms with Crippen LogP contribution < -0.4 is 10.1 Å². The van der Waals surface area contributed by atoms with E-state index in [0.717, 1.165) is 41.2 Å². The van der Waals surface area contributed by atoms with Gasteiger partial charge in [0.15, 0.2) is 0 Å². The van der Waals surface area contributed by atoms with E-state index in [2.05, 4.69) is 43.8 Å². The summed E-state index contributed by atoms with van der Waals surface area (Å²) in [6.45, 7) is 0.426. The molecule has 6 nitrogen and oxygen atoms in total. The highest BCUT2D eigenvalue weighted by atomic mass is 127. The number of carbonyl (C=O) groups excluding carboxylic acids is 3. The average Bonchev–Trinajstić information content (AvgIpc) is 2.78. The molecule has 0 aromatic heterocycles. The predicted octanol–water partition coefficient (Wildman–Crippen LogP) is 5.43. The monoisotopic (exact) mass is 608 g/mol. The van der Waals surface area contributed by atoms with Crippen molar-refractivity contribution in [2.24, 2.45) is 0 Å². The van der Waals surface area contributed by atoms with Gasteiger partial charge in [-0.3, -0.25) is 19.8 Å². The van der Waals surface area contributed by atoms with E-state index in [1.54, 1.807) is 18.2 Å². The van der Waals surface area contributed by atoms with Crippen LogP contribution in [0.4, 0.5) is 4.79 Å². The molecule has 0 atom stereocenters. The van der Waals surface area contributed by atoms with Gasteiger partial charge in [-0.1, -0.05) is 37.5 Å². The van der Waals surface area contributed by atoms with Crippen LogP contribution in [-0.4, -0.2) is 28.8 Å². The summed E-state index contributed by atoms with van der Waals surface area (Å²) in [7, 11) is 0. The molecule has 1 N–H and O–H groups in total. The smallest absolute Gasteiger partial charge is 0.331 e. The van der Waals surface area contributed by atoms with Crippen LogP contribution in [0.15, 0.2) is 52.5 Å². The number of hydrogen-bond donors (Lipinski definition) is 1. The van der Waals surface area contributed by atoms with Crippen LogP contribution >= 0.6 is 38.5 Å². The molecule has 1 heterocycles. The molecular formula is C24H22BrIN2O4. The lowest BCUT2D eigenvalue weighted by atomic mass is 9.93. The summed E-state index contributed by atoms with van der Waals surface area (Å²) < 4.78 is 7.76. The molecule has 1 saturated heterocycles. The van der Waals surface area contributed by atoms with Crippen LogP contribution in [0.1, 0.15) is 43.2 Å². The molecule has 1 aliphatic carbocycles. The Balaban J connectivity index is 1.50. The van der Waals surface area contributed by atoms with Crippen molar-refractivity contribution in [2.45, 2.75) is 44.8 Å². The average molecular weight is 609 g/mol. The van der Waals surface area contributed by atoms with Crippen LogP contribution in [0.2, 0.25) is 0 Å². The van der Waals surface area contributed by atoms with Crippen molar-refractivity contribution >= 4 is 62.4 Å². The molecular weight excluding hydrogens is 587 g/mol. The highest BCUT2D eigenvalue weighted by Crippen LogP contribution is 2.30. The summed E-state index contributed by atoms with van der Waals surface area (Å²) in [5.74, 6) is -0.535. The van der Waals surface area contributed by atoms with E-state index >= 15 is 0 Å². The number of benzene rings is 2. The standard InChI is InChI=1S/C24H22BrIN2O4/c25-20-13-16(8-11-21(20)32-14-15-6-9-17(26)10-7-15)12-19-22(29)27-24(31)28(23(19)30)18-4-2-1-3-5-18/h6-13,18H,1-5,14H2,(H,27,29,31). The van der Waals surface area contributed by atoms with Crippen LogP contribution in [-0.2, 0) is 16.2 Å². The third kappa shape index (κ3) is 5.23. The number of hydrogen-bond acceptors (Lipinski definition) is 4. The first-order valence-corrected chi connectivity index (χ1v) is 12.4. The Hall–Kier alpha value is -2.20. The molecule has 0 unspecified atom stereocenters. The number of barbiturate groups is 1. The van der Waals surface area contributed by atoms with Gasteiger partial charge in [-0.25, -0.2) is 4.79 Å². The Morgan fingerprint density at radius 3 is 2.47 bits per heavy atom. The lowest BCUT2D eigenvalue weighted by molar-refractivity contribution is -0.132. The molecule has 8 heteroatoms. The third-order valence-corrected chi connectivity index (χ3v) is 6.99. The molecule has 4 rings (SSSR count). The van der Waals surface area contributed by atoms with E-state index in [1.165, 1.54) is 11.0 Å². The Bertz CT molecular complexity index is 1080. The van der Waals surface area contributed by atoms with E-state index < -0.39 is 17.8 Å². The number of rotatable bonds is 5. The van der Waals surface area contributed by atoms with Crippen molar-refractivity contribution < 1.29 is 19.1 Å². The number of nitrogens with zero attached hydrogens (tertiary/aromatic N) is 1. The predicted molar refractivity (Wildman–Crippen MR) is 133 cm³/mol. The van der Waals surface area contributed by atoms with Crippen LogP contribution in [0.5, 0.6) is 5.75 Å². The maximum Gasteiger partial charge on any atom is 0.331 e.